The van der Waals surface area contributed by atoms with Crippen molar-refractivity contribution in [2.45, 2.75) is 13.5 Å². The van der Waals surface area contributed by atoms with E-state index in [0.717, 1.165) is 5.56 Å². The van der Waals surface area contributed by atoms with Crippen LogP contribution in [-0.4, -0.2) is 30.1 Å². The first-order chi connectivity index (χ1) is 16.4. The van der Waals surface area contributed by atoms with Gasteiger partial charge < -0.3 is 14.8 Å². The number of nitrogens with zero attached hydrogens (tertiary/aromatic N) is 2. The number of methoxy groups -OCH3 is 1. The Hall–Kier alpha value is -4.73. The highest BCUT2D eigenvalue weighted by Crippen LogP contribution is 2.28. The van der Waals surface area contributed by atoms with Crippen molar-refractivity contribution in [3.8, 4) is 11.5 Å². The third kappa shape index (κ3) is 6.63. The van der Waals surface area contributed by atoms with Crippen molar-refractivity contribution >= 4 is 29.4 Å². The first-order valence-corrected chi connectivity index (χ1v) is 10.1. The van der Waals surface area contributed by atoms with E-state index in [4.69, 9.17) is 9.47 Å². The van der Waals surface area contributed by atoms with Gasteiger partial charge in [0.1, 0.15) is 6.61 Å². The van der Waals surface area contributed by atoms with Gasteiger partial charge in [0.05, 0.1) is 18.2 Å². The molecule has 0 aromatic heterocycles. The summed E-state index contributed by atoms with van der Waals surface area (Å²) in [6.07, 6.45) is 1.46. The fourth-order valence-corrected chi connectivity index (χ4v) is 2.90. The number of nitrogens with one attached hydrogen (secondary N) is 2. The SMILES string of the molecule is COc1cc(/C=N\NC(=O)c2ccc(NC(C)=O)cc2)ccc1OCc1ccc([N+](=O)[O-])cc1. The number of benzene rings is 3. The molecule has 174 valence electrons. The van der Waals surface area contributed by atoms with Crippen molar-refractivity contribution < 1.29 is 24.0 Å². The van der Waals surface area contributed by atoms with Gasteiger partial charge in [0.15, 0.2) is 11.5 Å². The lowest BCUT2D eigenvalue weighted by Crippen LogP contribution is -2.17. The summed E-state index contributed by atoms with van der Waals surface area (Å²) in [4.78, 5) is 33.6. The molecule has 0 saturated heterocycles. The minimum Gasteiger partial charge on any atom is -0.493 e. The van der Waals surface area contributed by atoms with Crippen molar-refractivity contribution in [2.75, 3.05) is 12.4 Å². The molecule has 2 N–H and O–H groups in total. The molecule has 0 saturated carbocycles. The quantitative estimate of drug-likeness (QED) is 0.282. The topological polar surface area (TPSA) is 132 Å². The summed E-state index contributed by atoms with van der Waals surface area (Å²) in [5.74, 6) is 0.354. The van der Waals surface area contributed by atoms with Crippen LogP contribution in [-0.2, 0) is 11.4 Å². The van der Waals surface area contributed by atoms with Crippen LogP contribution in [0.4, 0.5) is 11.4 Å². The zero-order chi connectivity index (χ0) is 24.5. The van der Waals surface area contributed by atoms with Gasteiger partial charge in [0, 0.05) is 30.3 Å². The highest BCUT2D eigenvalue weighted by atomic mass is 16.6. The number of carbonyl (C=O) groups is 2. The highest BCUT2D eigenvalue weighted by Gasteiger charge is 2.08. The van der Waals surface area contributed by atoms with Gasteiger partial charge in [-0.25, -0.2) is 5.43 Å². The zero-order valence-electron chi connectivity index (χ0n) is 18.5. The van der Waals surface area contributed by atoms with Crippen LogP contribution in [0, 0.1) is 10.1 Å². The summed E-state index contributed by atoms with van der Waals surface area (Å²) in [5, 5.41) is 17.3. The Kier molecular flexibility index (Phi) is 7.90. The minimum atomic E-state index is -0.458. The van der Waals surface area contributed by atoms with Crippen LogP contribution < -0.4 is 20.2 Å². The third-order valence-electron chi connectivity index (χ3n) is 4.58. The fourth-order valence-electron chi connectivity index (χ4n) is 2.90. The average Bonchev–Trinajstić information content (AvgIpc) is 2.83. The van der Waals surface area contributed by atoms with Gasteiger partial charge in [0.25, 0.3) is 11.6 Å². The Morgan fingerprint density at radius 3 is 2.35 bits per heavy atom. The lowest BCUT2D eigenvalue weighted by Gasteiger charge is -2.11. The second kappa shape index (κ2) is 11.2. The molecule has 0 atom stereocenters. The molecule has 0 radical (unpaired) electrons. The van der Waals surface area contributed by atoms with E-state index in [0.29, 0.717) is 28.3 Å². The average molecular weight is 462 g/mol. The molecule has 10 nitrogen and oxygen atoms in total. The van der Waals surface area contributed by atoms with Crippen molar-refractivity contribution in [3.05, 3.63) is 93.5 Å². The predicted molar refractivity (Wildman–Crippen MR) is 126 cm³/mol. The summed E-state index contributed by atoms with van der Waals surface area (Å²) < 4.78 is 11.1. The maximum absolute atomic E-state index is 12.2. The first kappa shape index (κ1) is 23.9. The molecule has 0 spiro atoms. The number of rotatable bonds is 9. The molecule has 0 bridgehead atoms. The smallest absolute Gasteiger partial charge is 0.271 e. The Labute approximate surface area is 195 Å². The molecule has 3 aromatic rings. The van der Waals surface area contributed by atoms with Crippen molar-refractivity contribution in [1.82, 2.24) is 5.43 Å². The summed E-state index contributed by atoms with van der Waals surface area (Å²) in [7, 11) is 1.50. The number of amides is 2. The Bertz CT molecular complexity index is 1210. The van der Waals surface area contributed by atoms with Gasteiger partial charge in [-0.05, 0) is 65.7 Å². The number of nitro benzene ring substituents is 1. The Morgan fingerprint density at radius 2 is 1.74 bits per heavy atom. The molecule has 0 aliphatic rings. The number of nitro groups is 1. The predicted octanol–water partition coefficient (Wildman–Crippen LogP) is 3.90. The molecular formula is C24H22N4O6. The van der Waals surface area contributed by atoms with E-state index in [1.165, 1.54) is 32.4 Å². The van der Waals surface area contributed by atoms with Crippen molar-refractivity contribution in [1.29, 1.82) is 0 Å². The molecule has 0 aliphatic heterocycles. The molecule has 0 heterocycles. The summed E-state index contributed by atoms with van der Waals surface area (Å²) in [5.41, 5.74) is 4.87. The number of hydrogen-bond acceptors (Lipinski definition) is 7. The van der Waals surface area contributed by atoms with E-state index in [-0.39, 0.29) is 18.2 Å². The molecule has 0 unspecified atom stereocenters. The fraction of sp³-hybridized carbons (Fsp3) is 0.125. The number of carbonyl (C=O) groups excluding carboxylic acids is 2. The van der Waals surface area contributed by atoms with E-state index < -0.39 is 10.8 Å². The van der Waals surface area contributed by atoms with Gasteiger partial charge >= 0.3 is 0 Å². The second-order valence-electron chi connectivity index (χ2n) is 7.08. The molecule has 3 rings (SSSR count). The number of hydrazone groups is 1. The van der Waals surface area contributed by atoms with Crippen LogP contribution in [0.2, 0.25) is 0 Å². The highest BCUT2D eigenvalue weighted by molar-refractivity contribution is 5.96. The van der Waals surface area contributed by atoms with Gasteiger partial charge in [0.2, 0.25) is 5.91 Å². The van der Waals surface area contributed by atoms with E-state index in [1.54, 1.807) is 54.6 Å². The number of hydrogen-bond donors (Lipinski definition) is 2. The first-order valence-electron chi connectivity index (χ1n) is 10.1. The lowest BCUT2D eigenvalue weighted by atomic mass is 10.2. The number of non-ortho nitro benzene ring substituents is 1. The number of anilines is 1. The van der Waals surface area contributed by atoms with Crippen LogP contribution in [0.25, 0.3) is 0 Å². The van der Waals surface area contributed by atoms with Gasteiger partial charge in [-0.2, -0.15) is 5.10 Å². The normalized spacial score (nSPS) is 10.5. The van der Waals surface area contributed by atoms with E-state index in [9.17, 15) is 19.7 Å². The molecular weight excluding hydrogens is 440 g/mol. The molecule has 0 aliphatic carbocycles. The molecule has 3 aromatic carbocycles. The van der Waals surface area contributed by atoms with Crippen LogP contribution in [0.5, 0.6) is 11.5 Å². The van der Waals surface area contributed by atoms with Gasteiger partial charge in [-0.3, -0.25) is 19.7 Å². The lowest BCUT2D eigenvalue weighted by molar-refractivity contribution is -0.384. The molecule has 2 amide bonds. The summed E-state index contributed by atoms with van der Waals surface area (Å²) in [6.45, 7) is 1.61. The van der Waals surface area contributed by atoms with Crippen LogP contribution >= 0.6 is 0 Å². The Balaban J connectivity index is 1.58. The third-order valence-corrected chi connectivity index (χ3v) is 4.58. The van der Waals surface area contributed by atoms with Crippen LogP contribution in [0.3, 0.4) is 0 Å². The van der Waals surface area contributed by atoms with Gasteiger partial charge in [-0.1, -0.05) is 0 Å². The standard InChI is InChI=1S/C24H22N4O6/c1-16(29)26-20-8-6-19(7-9-20)24(30)27-25-14-18-5-12-22(23(13-18)33-2)34-15-17-3-10-21(11-4-17)28(31)32/h3-14H,15H2,1-2H3,(H,26,29)(H,27,30)/b25-14-. The van der Waals surface area contributed by atoms with E-state index in [1.807, 2.05) is 0 Å². The maximum atomic E-state index is 12.2. The van der Waals surface area contributed by atoms with Gasteiger partial charge in [-0.15, -0.1) is 0 Å². The minimum absolute atomic E-state index is 0.0130. The van der Waals surface area contributed by atoms with E-state index >= 15 is 0 Å². The largest absolute Gasteiger partial charge is 0.493 e. The molecule has 10 heteroatoms. The summed E-state index contributed by atoms with van der Waals surface area (Å²) >= 11 is 0. The zero-order valence-corrected chi connectivity index (χ0v) is 18.5. The van der Waals surface area contributed by atoms with Crippen LogP contribution in [0.15, 0.2) is 71.8 Å². The van der Waals surface area contributed by atoms with Crippen molar-refractivity contribution in [3.63, 3.8) is 0 Å². The maximum Gasteiger partial charge on any atom is 0.271 e. The Morgan fingerprint density at radius 1 is 1.03 bits per heavy atom. The second-order valence-corrected chi connectivity index (χ2v) is 7.08. The summed E-state index contributed by atoms with van der Waals surface area (Å²) in [6, 6.07) is 17.6. The molecule has 34 heavy (non-hydrogen) atoms. The number of ether oxygens (including phenoxy) is 2. The van der Waals surface area contributed by atoms with Crippen molar-refractivity contribution in [2.24, 2.45) is 5.10 Å². The van der Waals surface area contributed by atoms with Crippen LogP contribution in [0.1, 0.15) is 28.4 Å². The van der Waals surface area contributed by atoms with E-state index in [2.05, 4.69) is 15.8 Å². The molecule has 0 fully saturated rings. The monoisotopic (exact) mass is 462 g/mol.